The SMILES string of the molecule is Cc1onc2c(=O)n(CC(F)F)nc(C(=O)O)c12. The predicted octanol–water partition coefficient (Wildman–Crippen LogP) is 0.656. The first-order valence-corrected chi connectivity index (χ1v) is 4.80. The van der Waals surface area contributed by atoms with Gasteiger partial charge in [-0.1, -0.05) is 5.16 Å². The Morgan fingerprint density at radius 2 is 2.22 bits per heavy atom. The number of carboxylic acid groups (broad SMARTS) is 1. The van der Waals surface area contributed by atoms with Gasteiger partial charge in [-0.05, 0) is 6.92 Å². The van der Waals surface area contributed by atoms with Gasteiger partial charge < -0.3 is 9.63 Å². The molecule has 0 aliphatic rings. The smallest absolute Gasteiger partial charge is 0.357 e. The Bertz CT molecular complexity index is 676. The molecule has 2 aromatic rings. The highest BCUT2D eigenvalue weighted by Gasteiger charge is 2.22. The van der Waals surface area contributed by atoms with E-state index in [1.807, 2.05) is 0 Å². The van der Waals surface area contributed by atoms with Gasteiger partial charge in [-0.3, -0.25) is 4.79 Å². The molecule has 0 aliphatic carbocycles. The van der Waals surface area contributed by atoms with Crippen LogP contribution in [0.2, 0.25) is 0 Å². The fourth-order valence-electron chi connectivity index (χ4n) is 1.54. The topological polar surface area (TPSA) is 98.2 Å². The van der Waals surface area contributed by atoms with Gasteiger partial charge in [0.25, 0.3) is 12.0 Å². The van der Waals surface area contributed by atoms with Crippen molar-refractivity contribution in [1.29, 1.82) is 0 Å². The van der Waals surface area contributed by atoms with Gasteiger partial charge in [-0.15, -0.1) is 0 Å². The van der Waals surface area contributed by atoms with Crippen LogP contribution in [-0.4, -0.2) is 32.4 Å². The van der Waals surface area contributed by atoms with Crippen molar-refractivity contribution < 1.29 is 23.2 Å². The minimum Gasteiger partial charge on any atom is -0.476 e. The van der Waals surface area contributed by atoms with Crippen LogP contribution in [0.4, 0.5) is 8.78 Å². The summed E-state index contributed by atoms with van der Waals surface area (Å²) in [4.78, 5) is 22.7. The molecule has 2 aromatic heterocycles. The van der Waals surface area contributed by atoms with Crippen LogP contribution in [0, 0.1) is 6.92 Å². The molecular formula is C9H7F2N3O4. The molecule has 0 saturated carbocycles. The van der Waals surface area contributed by atoms with E-state index in [0.717, 1.165) is 0 Å². The van der Waals surface area contributed by atoms with Crippen molar-refractivity contribution in [3.8, 4) is 0 Å². The lowest BCUT2D eigenvalue weighted by Crippen LogP contribution is -2.28. The van der Waals surface area contributed by atoms with E-state index in [4.69, 9.17) is 9.63 Å². The maximum absolute atomic E-state index is 12.2. The highest BCUT2D eigenvalue weighted by Crippen LogP contribution is 2.17. The fourth-order valence-corrected chi connectivity index (χ4v) is 1.54. The molecule has 0 saturated heterocycles. The molecule has 0 aromatic carbocycles. The van der Waals surface area contributed by atoms with Gasteiger partial charge in [-0.2, -0.15) is 5.10 Å². The number of rotatable bonds is 3. The Kier molecular flexibility index (Phi) is 2.81. The summed E-state index contributed by atoms with van der Waals surface area (Å²) in [6.45, 7) is 0.404. The van der Waals surface area contributed by atoms with Gasteiger partial charge in [0.1, 0.15) is 12.3 Å². The monoisotopic (exact) mass is 259 g/mol. The van der Waals surface area contributed by atoms with Crippen LogP contribution in [0.5, 0.6) is 0 Å². The van der Waals surface area contributed by atoms with Crippen LogP contribution in [0.25, 0.3) is 10.9 Å². The summed E-state index contributed by atoms with van der Waals surface area (Å²) in [6, 6.07) is 0. The highest BCUT2D eigenvalue weighted by atomic mass is 19.3. The second-order valence-electron chi connectivity index (χ2n) is 3.49. The molecule has 7 nitrogen and oxygen atoms in total. The number of carbonyl (C=O) groups is 1. The lowest BCUT2D eigenvalue weighted by molar-refractivity contribution is 0.0685. The number of hydrogen-bond donors (Lipinski definition) is 1. The van der Waals surface area contributed by atoms with Crippen LogP contribution in [-0.2, 0) is 6.54 Å². The second-order valence-corrected chi connectivity index (χ2v) is 3.49. The summed E-state index contributed by atoms with van der Waals surface area (Å²) < 4.78 is 29.6. The Morgan fingerprint density at radius 3 is 2.78 bits per heavy atom. The average molecular weight is 259 g/mol. The Hall–Kier alpha value is -2.32. The quantitative estimate of drug-likeness (QED) is 0.869. The summed E-state index contributed by atoms with van der Waals surface area (Å²) in [6.07, 6.45) is -2.83. The maximum Gasteiger partial charge on any atom is 0.357 e. The van der Waals surface area contributed by atoms with Crippen LogP contribution >= 0.6 is 0 Å². The number of halogens is 2. The van der Waals surface area contributed by atoms with Crippen LogP contribution in [0.15, 0.2) is 9.32 Å². The zero-order chi connectivity index (χ0) is 13.4. The molecule has 1 N–H and O–H groups in total. The fraction of sp³-hybridized carbons (Fsp3) is 0.333. The molecule has 0 radical (unpaired) electrons. The summed E-state index contributed by atoms with van der Waals surface area (Å²) in [5.41, 5.74) is -1.77. The van der Waals surface area contributed by atoms with Crippen molar-refractivity contribution in [2.24, 2.45) is 0 Å². The van der Waals surface area contributed by atoms with Gasteiger partial charge in [0.2, 0.25) is 0 Å². The zero-order valence-electron chi connectivity index (χ0n) is 9.05. The minimum atomic E-state index is -2.83. The van der Waals surface area contributed by atoms with Crippen molar-refractivity contribution in [2.75, 3.05) is 0 Å². The minimum absolute atomic E-state index is 0.0713. The first-order valence-electron chi connectivity index (χ1n) is 4.80. The van der Waals surface area contributed by atoms with Gasteiger partial charge in [0.15, 0.2) is 11.2 Å². The van der Waals surface area contributed by atoms with Crippen LogP contribution in [0.1, 0.15) is 16.2 Å². The van der Waals surface area contributed by atoms with Crippen molar-refractivity contribution in [1.82, 2.24) is 14.9 Å². The molecule has 2 rings (SSSR count). The molecule has 0 amide bonds. The lowest BCUT2D eigenvalue weighted by atomic mass is 10.2. The summed E-state index contributed by atoms with van der Waals surface area (Å²) in [5, 5.41) is 15.6. The van der Waals surface area contributed by atoms with E-state index in [-0.39, 0.29) is 16.7 Å². The van der Waals surface area contributed by atoms with Crippen LogP contribution < -0.4 is 5.56 Å². The number of alkyl halides is 2. The summed E-state index contributed by atoms with van der Waals surface area (Å²) >= 11 is 0. The average Bonchev–Trinajstić information content (AvgIpc) is 2.64. The first kappa shape index (κ1) is 12.1. The molecule has 9 heteroatoms. The van der Waals surface area contributed by atoms with Crippen molar-refractivity contribution in [3.05, 3.63) is 21.8 Å². The molecule has 96 valence electrons. The van der Waals surface area contributed by atoms with E-state index in [2.05, 4.69) is 10.3 Å². The molecule has 0 unspecified atom stereocenters. The molecule has 0 fully saturated rings. The van der Waals surface area contributed by atoms with Crippen LogP contribution in [0.3, 0.4) is 0 Å². The first-order chi connectivity index (χ1) is 8.41. The number of hydrogen-bond acceptors (Lipinski definition) is 5. The number of nitrogens with zero attached hydrogens (tertiary/aromatic N) is 3. The van der Waals surface area contributed by atoms with E-state index < -0.39 is 30.2 Å². The normalized spacial score (nSPS) is 11.3. The maximum atomic E-state index is 12.2. The molecule has 0 bridgehead atoms. The van der Waals surface area contributed by atoms with E-state index in [1.165, 1.54) is 6.92 Å². The van der Waals surface area contributed by atoms with Crippen molar-refractivity contribution in [3.63, 3.8) is 0 Å². The summed E-state index contributed by atoms with van der Waals surface area (Å²) in [5.74, 6) is -1.36. The Balaban J connectivity index is 2.80. The third kappa shape index (κ3) is 1.83. The molecular weight excluding hydrogens is 252 g/mol. The van der Waals surface area contributed by atoms with Gasteiger partial charge >= 0.3 is 5.97 Å². The van der Waals surface area contributed by atoms with Gasteiger partial charge in [0, 0.05) is 0 Å². The largest absolute Gasteiger partial charge is 0.476 e. The van der Waals surface area contributed by atoms with E-state index in [1.54, 1.807) is 0 Å². The van der Waals surface area contributed by atoms with E-state index in [9.17, 15) is 18.4 Å². The number of aromatic carboxylic acids is 1. The molecule has 2 heterocycles. The predicted molar refractivity (Wildman–Crippen MR) is 53.8 cm³/mol. The third-order valence-corrected chi connectivity index (χ3v) is 2.27. The standard InChI is InChI=1S/C9H7F2N3O4/c1-3-5-6(13-18-3)8(15)14(2-4(10)11)12-7(5)9(16)17/h4H,2H2,1H3,(H,16,17). The van der Waals surface area contributed by atoms with Crippen molar-refractivity contribution >= 4 is 16.9 Å². The molecule has 0 aliphatic heterocycles. The third-order valence-electron chi connectivity index (χ3n) is 2.27. The Labute approximate surface area is 97.6 Å². The highest BCUT2D eigenvalue weighted by molar-refractivity contribution is 6.00. The number of fused-ring (bicyclic) bond motifs is 1. The lowest BCUT2D eigenvalue weighted by Gasteiger charge is -2.04. The molecule has 18 heavy (non-hydrogen) atoms. The number of carboxylic acids is 1. The van der Waals surface area contributed by atoms with Gasteiger partial charge in [-0.25, -0.2) is 18.3 Å². The van der Waals surface area contributed by atoms with Gasteiger partial charge in [0.05, 0.1) is 5.39 Å². The Morgan fingerprint density at radius 1 is 1.56 bits per heavy atom. The number of aryl methyl sites for hydroxylation is 1. The number of aromatic nitrogens is 3. The summed E-state index contributed by atoms with van der Waals surface area (Å²) in [7, 11) is 0. The van der Waals surface area contributed by atoms with E-state index >= 15 is 0 Å². The zero-order valence-corrected chi connectivity index (χ0v) is 9.05. The van der Waals surface area contributed by atoms with E-state index in [0.29, 0.717) is 4.68 Å². The molecule has 0 spiro atoms. The van der Waals surface area contributed by atoms with Crippen molar-refractivity contribution in [2.45, 2.75) is 19.9 Å². The molecule has 0 atom stereocenters. The second kappa shape index (κ2) is 4.17.